The Labute approximate surface area is 154 Å². The van der Waals surface area contributed by atoms with Crippen molar-refractivity contribution in [3.63, 3.8) is 0 Å². The fourth-order valence-corrected chi connectivity index (χ4v) is 2.83. The van der Waals surface area contributed by atoms with E-state index in [9.17, 15) is 19.7 Å². The topological polar surface area (TPSA) is 98.5 Å². The van der Waals surface area contributed by atoms with Crippen LogP contribution in [0.3, 0.4) is 0 Å². The summed E-state index contributed by atoms with van der Waals surface area (Å²) in [5, 5.41) is 13.8. The number of thioether (sulfide) groups is 1. The zero-order valence-corrected chi connectivity index (χ0v) is 15.1. The number of carbonyl (C=O) groups excluding carboxylic acids is 2. The number of rotatable bonds is 7. The van der Waals surface area contributed by atoms with Crippen LogP contribution < -0.4 is 5.32 Å². The molecule has 0 bridgehead atoms. The molecule has 0 aromatic heterocycles. The first-order chi connectivity index (χ1) is 12.4. The Balaban J connectivity index is 1.95. The predicted molar refractivity (Wildman–Crippen MR) is 98.2 cm³/mol. The number of hydrogen-bond donors (Lipinski definition) is 1. The van der Waals surface area contributed by atoms with Crippen molar-refractivity contribution in [2.45, 2.75) is 17.9 Å². The molecule has 7 nitrogen and oxygen atoms in total. The van der Waals surface area contributed by atoms with E-state index in [4.69, 9.17) is 4.74 Å². The average molecular weight is 374 g/mol. The molecule has 1 unspecified atom stereocenters. The Morgan fingerprint density at radius 3 is 2.54 bits per heavy atom. The lowest BCUT2D eigenvalue weighted by molar-refractivity contribution is -0.387. The van der Waals surface area contributed by atoms with E-state index in [-0.39, 0.29) is 17.3 Å². The molecule has 26 heavy (non-hydrogen) atoms. The van der Waals surface area contributed by atoms with E-state index in [0.717, 1.165) is 11.6 Å². The molecule has 0 fully saturated rings. The highest BCUT2D eigenvalue weighted by Crippen LogP contribution is 2.28. The number of hydrogen-bond acceptors (Lipinski definition) is 6. The summed E-state index contributed by atoms with van der Waals surface area (Å²) in [6, 6.07) is 13.2. The Morgan fingerprint density at radius 2 is 1.92 bits per heavy atom. The summed E-state index contributed by atoms with van der Waals surface area (Å²) in [6.07, 6.45) is 1.71. The molecule has 2 aromatic carbocycles. The summed E-state index contributed by atoms with van der Waals surface area (Å²) < 4.78 is 4.95. The van der Waals surface area contributed by atoms with E-state index in [2.05, 4.69) is 5.32 Å². The van der Waals surface area contributed by atoms with E-state index >= 15 is 0 Å². The Bertz CT molecular complexity index is 810. The molecule has 0 saturated carbocycles. The van der Waals surface area contributed by atoms with Gasteiger partial charge in [0.2, 0.25) is 0 Å². The summed E-state index contributed by atoms with van der Waals surface area (Å²) in [4.78, 5) is 34.9. The smallest absolute Gasteiger partial charge is 0.338 e. The zero-order valence-electron chi connectivity index (χ0n) is 14.3. The monoisotopic (exact) mass is 374 g/mol. The van der Waals surface area contributed by atoms with Gasteiger partial charge in [-0.1, -0.05) is 30.3 Å². The van der Waals surface area contributed by atoms with Gasteiger partial charge in [-0.3, -0.25) is 14.9 Å². The molecule has 0 aliphatic heterocycles. The van der Waals surface area contributed by atoms with Crippen LogP contribution in [0.2, 0.25) is 0 Å². The minimum absolute atomic E-state index is 0.0263. The Kier molecular flexibility index (Phi) is 6.74. The molecule has 0 aliphatic rings. The highest BCUT2D eigenvalue weighted by atomic mass is 32.2. The van der Waals surface area contributed by atoms with E-state index < -0.39 is 23.4 Å². The standard InChI is InChI=1S/C18H18N2O5S/c1-12(13-6-4-3-5-7-13)19-17(21)11-25-18(22)14-8-9-16(26-2)15(10-14)20(23)24/h3-10,12H,11H2,1-2H3,(H,19,21). The maximum Gasteiger partial charge on any atom is 0.338 e. The van der Waals surface area contributed by atoms with Crippen LogP contribution in [0.15, 0.2) is 53.4 Å². The molecule has 0 radical (unpaired) electrons. The summed E-state index contributed by atoms with van der Waals surface area (Å²) in [5.74, 6) is -1.24. The minimum Gasteiger partial charge on any atom is -0.452 e. The van der Waals surface area contributed by atoms with Gasteiger partial charge in [0, 0.05) is 6.07 Å². The minimum atomic E-state index is -0.789. The van der Waals surface area contributed by atoms with Crippen LogP contribution in [-0.4, -0.2) is 29.7 Å². The number of amides is 1. The maximum atomic E-state index is 12.0. The molecule has 0 heterocycles. The van der Waals surface area contributed by atoms with Crippen molar-refractivity contribution >= 4 is 29.3 Å². The average Bonchev–Trinajstić information content (AvgIpc) is 2.66. The second-order valence-electron chi connectivity index (χ2n) is 5.42. The van der Waals surface area contributed by atoms with Crippen LogP contribution in [0.4, 0.5) is 5.69 Å². The first-order valence-electron chi connectivity index (χ1n) is 7.76. The third kappa shape index (κ3) is 5.06. The molecule has 2 aromatic rings. The quantitative estimate of drug-likeness (QED) is 0.345. The van der Waals surface area contributed by atoms with Gasteiger partial charge in [0.1, 0.15) is 0 Å². The molecule has 1 amide bonds. The van der Waals surface area contributed by atoms with E-state index in [0.29, 0.717) is 4.90 Å². The maximum absolute atomic E-state index is 12.0. The molecule has 1 N–H and O–H groups in total. The molecular formula is C18H18N2O5S. The molecule has 1 atom stereocenters. The van der Waals surface area contributed by atoms with Crippen LogP contribution in [0, 0.1) is 10.1 Å². The van der Waals surface area contributed by atoms with Crippen LogP contribution in [0.25, 0.3) is 0 Å². The Hall–Kier alpha value is -2.87. The van der Waals surface area contributed by atoms with Gasteiger partial charge in [-0.15, -0.1) is 11.8 Å². The van der Waals surface area contributed by atoms with Crippen molar-refractivity contribution in [2.75, 3.05) is 12.9 Å². The first kappa shape index (κ1) is 19.5. The lowest BCUT2D eigenvalue weighted by Crippen LogP contribution is -2.31. The Morgan fingerprint density at radius 1 is 1.23 bits per heavy atom. The van der Waals surface area contributed by atoms with Gasteiger partial charge in [-0.25, -0.2) is 4.79 Å². The summed E-state index contributed by atoms with van der Waals surface area (Å²) in [5.41, 5.74) is 0.781. The first-order valence-corrected chi connectivity index (χ1v) is 8.98. The summed E-state index contributed by atoms with van der Waals surface area (Å²) in [6.45, 7) is 1.35. The lowest BCUT2D eigenvalue weighted by atomic mass is 10.1. The molecule has 2 rings (SSSR count). The molecule has 8 heteroatoms. The van der Waals surface area contributed by atoms with Gasteiger partial charge < -0.3 is 10.1 Å². The number of nitrogens with zero attached hydrogens (tertiary/aromatic N) is 1. The number of benzene rings is 2. The van der Waals surface area contributed by atoms with Crippen molar-refractivity contribution in [2.24, 2.45) is 0 Å². The van der Waals surface area contributed by atoms with Gasteiger partial charge in [-0.2, -0.15) is 0 Å². The van der Waals surface area contributed by atoms with Crippen LogP contribution in [-0.2, 0) is 9.53 Å². The van der Waals surface area contributed by atoms with Crippen LogP contribution >= 0.6 is 11.8 Å². The van der Waals surface area contributed by atoms with Gasteiger partial charge >= 0.3 is 5.97 Å². The van der Waals surface area contributed by atoms with Crippen molar-refractivity contribution in [3.8, 4) is 0 Å². The predicted octanol–water partition coefficient (Wildman–Crippen LogP) is 3.35. The second-order valence-corrected chi connectivity index (χ2v) is 6.27. The van der Waals surface area contributed by atoms with Crippen LogP contribution in [0.5, 0.6) is 0 Å². The van der Waals surface area contributed by atoms with Gasteiger partial charge in [0.25, 0.3) is 11.6 Å². The highest BCUT2D eigenvalue weighted by molar-refractivity contribution is 7.98. The zero-order chi connectivity index (χ0) is 19.1. The number of nitro benzene ring substituents is 1. The lowest BCUT2D eigenvalue weighted by Gasteiger charge is -2.14. The molecule has 0 spiro atoms. The highest BCUT2D eigenvalue weighted by Gasteiger charge is 2.19. The summed E-state index contributed by atoms with van der Waals surface area (Å²) >= 11 is 1.21. The largest absolute Gasteiger partial charge is 0.452 e. The fraction of sp³-hybridized carbons (Fsp3) is 0.222. The number of nitro groups is 1. The van der Waals surface area contributed by atoms with Crippen molar-refractivity contribution in [1.82, 2.24) is 5.32 Å². The molecule has 0 saturated heterocycles. The van der Waals surface area contributed by atoms with Crippen molar-refractivity contribution < 1.29 is 19.2 Å². The molecule has 0 aliphatic carbocycles. The van der Waals surface area contributed by atoms with Crippen LogP contribution in [0.1, 0.15) is 28.9 Å². The summed E-state index contributed by atoms with van der Waals surface area (Å²) in [7, 11) is 0. The number of carbonyl (C=O) groups is 2. The second kappa shape index (κ2) is 9.00. The van der Waals surface area contributed by atoms with E-state index in [1.54, 1.807) is 6.26 Å². The SMILES string of the molecule is CSc1ccc(C(=O)OCC(=O)NC(C)c2ccccc2)cc1[N+](=O)[O-]. The van der Waals surface area contributed by atoms with Crippen molar-refractivity contribution in [1.29, 1.82) is 0 Å². The third-order valence-corrected chi connectivity index (χ3v) is 4.41. The van der Waals surface area contributed by atoms with E-state index in [1.807, 2.05) is 37.3 Å². The fourth-order valence-electron chi connectivity index (χ4n) is 2.28. The number of esters is 1. The number of ether oxygens (including phenoxy) is 1. The van der Waals surface area contributed by atoms with Gasteiger partial charge in [-0.05, 0) is 30.9 Å². The van der Waals surface area contributed by atoms with E-state index in [1.165, 1.54) is 23.9 Å². The third-order valence-electron chi connectivity index (χ3n) is 3.62. The van der Waals surface area contributed by atoms with Gasteiger partial charge in [0.15, 0.2) is 6.61 Å². The van der Waals surface area contributed by atoms with Gasteiger partial charge in [0.05, 0.1) is 21.4 Å². The molecule has 136 valence electrons. The van der Waals surface area contributed by atoms with Crippen molar-refractivity contribution in [3.05, 3.63) is 69.8 Å². The molecular weight excluding hydrogens is 356 g/mol. The normalized spacial score (nSPS) is 11.5. The number of nitrogens with one attached hydrogen (secondary N) is 1.